The minimum absolute atomic E-state index is 0.0576. The summed E-state index contributed by atoms with van der Waals surface area (Å²) < 4.78 is 20.9. The lowest BCUT2D eigenvalue weighted by molar-refractivity contribution is -0.124. The Morgan fingerprint density at radius 1 is 1.20 bits per heavy atom. The van der Waals surface area contributed by atoms with Crippen LogP contribution in [0, 0.1) is 5.82 Å². The van der Waals surface area contributed by atoms with Crippen molar-refractivity contribution in [3.63, 3.8) is 0 Å². The molecular formula is C24H20FNO3S. The van der Waals surface area contributed by atoms with E-state index in [1.165, 1.54) is 17.4 Å². The quantitative estimate of drug-likeness (QED) is 0.541. The van der Waals surface area contributed by atoms with Crippen LogP contribution in [-0.2, 0) is 17.9 Å². The van der Waals surface area contributed by atoms with Crippen molar-refractivity contribution in [2.24, 2.45) is 0 Å². The van der Waals surface area contributed by atoms with E-state index in [0.29, 0.717) is 42.7 Å². The zero-order valence-corrected chi connectivity index (χ0v) is 17.1. The summed E-state index contributed by atoms with van der Waals surface area (Å²) in [4.78, 5) is 28.0. The van der Waals surface area contributed by atoms with Gasteiger partial charge in [0.25, 0.3) is 5.91 Å². The zero-order valence-electron chi connectivity index (χ0n) is 16.3. The van der Waals surface area contributed by atoms with Crippen LogP contribution in [0.2, 0.25) is 0 Å². The second-order valence-corrected chi connectivity index (χ2v) is 8.98. The van der Waals surface area contributed by atoms with E-state index in [0.717, 1.165) is 27.1 Å². The van der Waals surface area contributed by atoms with Gasteiger partial charge in [-0.2, -0.15) is 0 Å². The summed E-state index contributed by atoms with van der Waals surface area (Å²) in [6.07, 6.45) is 1.74. The van der Waals surface area contributed by atoms with Crippen LogP contribution in [0.5, 0.6) is 5.75 Å². The Balaban J connectivity index is 1.37. The lowest BCUT2D eigenvalue weighted by Crippen LogP contribution is -2.43. The van der Waals surface area contributed by atoms with Gasteiger partial charge in [-0.3, -0.25) is 9.59 Å². The van der Waals surface area contributed by atoms with E-state index in [2.05, 4.69) is 6.58 Å². The first kappa shape index (κ1) is 19.0. The van der Waals surface area contributed by atoms with Crippen LogP contribution in [-0.4, -0.2) is 22.6 Å². The first-order valence-electron chi connectivity index (χ1n) is 9.93. The molecule has 1 amide bonds. The monoisotopic (exact) mass is 421 g/mol. The van der Waals surface area contributed by atoms with Crippen molar-refractivity contribution in [1.29, 1.82) is 0 Å². The molecule has 1 aromatic heterocycles. The standard InChI is InChI=1S/C24H20FNO3S/c1-14-8-9-20(21(27)10-14)26-12-18-16(24(26)28)4-2-6-22(18)29-13-15-11-17-19(25)5-3-7-23(17)30-15/h2-7,11,20H,1,8-10,12-13H2. The second kappa shape index (κ2) is 7.36. The number of hydrogen-bond acceptors (Lipinski definition) is 4. The minimum Gasteiger partial charge on any atom is -0.488 e. The number of carbonyl (C=O) groups is 2. The van der Waals surface area contributed by atoms with Crippen LogP contribution in [0.1, 0.15) is 40.1 Å². The van der Waals surface area contributed by atoms with Gasteiger partial charge in [0.2, 0.25) is 0 Å². The van der Waals surface area contributed by atoms with E-state index in [-0.39, 0.29) is 17.5 Å². The van der Waals surface area contributed by atoms with E-state index in [9.17, 15) is 14.0 Å². The summed E-state index contributed by atoms with van der Waals surface area (Å²) in [5.74, 6) is 0.332. The first-order chi connectivity index (χ1) is 14.5. The van der Waals surface area contributed by atoms with Gasteiger partial charge in [0.05, 0.1) is 12.6 Å². The molecule has 6 heteroatoms. The lowest BCUT2D eigenvalue weighted by atomic mass is 9.90. The smallest absolute Gasteiger partial charge is 0.255 e. The molecule has 0 radical (unpaired) electrons. The number of halogens is 1. The molecule has 152 valence electrons. The molecule has 1 aliphatic carbocycles. The number of thiophene rings is 1. The fourth-order valence-electron chi connectivity index (χ4n) is 4.30. The van der Waals surface area contributed by atoms with Gasteiger partial charge in [-0.05, 0) is 43.2 Å². The van der Waals surface area contributed by atoms with Crippen LogP contribution >= 0.6 is 11.3 Å². The predicted molar refractivity (Wildman–Crippen MR) is 114 cm³/mol. The predicted octanol–water partition coefficient (Wildman–Crippen LogP) is 5.25. The van der Waals surface area contributed by atoms with Crippen molar-refractivity contribution >= 4 is 33.1 Å². The molecule has 2 heterocycles. The van der Waals surface area contributed by atoms with Gasteiger partial charge in [0.1, 0.15) is 18.2 Å². The van der Waals surface area contributed by atoms with Crippen molar-refractivity contribution in [3.05, 3.63) is 76.4 Å². The topological polar surface area (TPSA) is 46.6 Å². The van der Waals surface area contributed by atoms with Crippen LogP contribution < -0.4 is 4.74 Å². The summed E-state index contributed by atoms with van der Waals surface area (Å²) in [7, 11) is 0. The molecule has 1 unspecified atom stereocenters. The highest BCUT2D eigenvalue weighted by Crippen LogP contribution is 2.36. The van der Waals surface area contributed by atoms with Crippen molar-refractivity contribution in [2.45, 2.75) is 38.5 Å². The SMILES string of the molecule is C=C1CCC(N2Cc3c(OCc4cc5c(F)cccc5s4)cccc3C2=O)C(=O)C1. The Bertz CT molecular complexity index is 1200. The van der Waals surface area contributed by atoms with E-state index >= 15 is 0 Å². The third-order valence-electron chi connectivity index (χ3n) is 5.83. The molecule has 5 rings (SSSR count). The number of amides is 1. The Hall–Kier alpha value is -2.99. The number of benzene rings is 2. The number of fused-ring (bicyclic) bond motifs is 2. The molecule has 4 nitrogen and oxygen atoms in total. The van der Waals surface area contributed by atoms with Crippen molar-refractivity contribution in [2.75, 3.05) is 0 Å². The molecule has 2 aliphatic rings. The van der Waals surface area contributed by atoms with E-state index in [1.54, 1.807) is 23.1 Å². The number of allylic oxidation sites excluding steroid dienone is 1. The molecule has 0 N–H and O–H groups in total. The number of ketones is 1. The van der Waals surface area contributed by atoms with Gasteiger partial charge in [0, 0.05) is 32.5 Å². The molecule has 1 fully saturated rings. The summed E-state index contributed by atoms with van der Waals surface area (Å²) in [5.41, 5.74) is 2.34. The molecule has 0 bridgehead atoms. The first-order valence-corrected chi connectivity index (χ1v) is 10.7. The number of Topliss-reactive ketones (excluding diaryl/α,β-unsaturated/α-hetero) is 1. The van der Waals surface area contributed by atoms with Crippen molar-refractivity contribution in [3.8, 4) is 5.75 Å². The molecule has 1 atom stereocenters. The molecule has 1 saturated carbocycles. The summed E-state index contributed by atoms with van der Waals surface area (Å²) >= 11 is 1.49. The normalized spacial score (nSPS) is 18.9. The summed E-state index contributed by atoms with van der Waals surface area (Å²) in [5, 5.41) is 0.596. The van der Waals surface area contributed by atoms with Crippen molar-refractivity contribution < 1.29 is 18.7 Å². The maximum Gasteiger partial charge on any atom is 0.255 e. The third-order valence-corrected chi connectivity index (χ3v) is 6.90. The average molecular weight is 421 g/mol. The Morgan fingerprint density at radius 2 is 2.03 bits per heavy atom. The number of nitrogens with zero attached hydrogens (tertiary/aromatic N) is 1. The van der Waals surface area contributed by atoms with Gasteiger partial charge in [0.15, 0.2) is 5.78 Å². The zero-order chi connectivity index (χ0) is 20.8. The van der Waals surface area contributed by atoms with Crippen LogP contribution in [0.3, 0.4) is 0 Å². The molecule has 2 aromatic carbocycles. The van der Waals surface area contributed by atoms with Gasteiger partial charge in [-0.25, -0.2) is 4.39 Å². The van der Waals surface area contributed by atoms with Crippen LogP contribution in [0.25, 0.3) is 10.1 Å². The highest BCUT2D eigenvalue weighted by atomic mass is 32.1. The number of rotatable bonds is 4. The fourth-order valence-corrected chi connectivity index (χ4v) is 5.29. The highest BCUT2D eigenvalue weighted by molar-refractivity contribution is 7.19. The maximum absolute atomic E-state index is 14.0. The Labute approximate surface area is 177 Å². The van der Waals surface area contributed by atoms with Crippen LogP contribution in [0.4, 0.5) is 4.39 Å². The number of hydrogen-bond donors (Lipinski definition) is 0. The van der Waals surface area contributed by atoms with Crippen molar-refractivity contribution in [1.82, 2.24) is 4.90 Å². The average Bonchev–Trinajstić information content (AvgIpc) is 3.29. The molecule has 30 heavy (non-hydrogen) atoms. The molecule has 1 aliphatic heterocycles. The lowest BCUT2D eigenvalue weighted by Gasteiger charge is -2.30. The summed E-state index contributed by atoms with van der Waals surface area (Å²) in [6.45, 7) is 4.57. The second-order valence-electron chi connectivity index (χ2n) is 7.82. The Morgan fingerprint density at radius 3 is 2.83 bits per heavy atom. The van der Waals surface area contributed by atoms with E-state index < -0.39 is 6.04 Å². The largest absolute Gasteiger partial charge is 0.488 e. The van der Waals surface area contributed by atoms with E-state index in [1.807, 2.05) is 18.2 Å². The van der Waals surface area contributed by atoms with Gasteiger partial charge in [-0.1, -0.05) is 24.3 Å². The molecule has 3 aromatic rings. The third kappa shape index (κ3) is 3.21. The Kier molecular flexibility index (Phi) is 4.66. The molecule has 0 saturated heterocycles. The minimum atomic E-state index is -0.395. The van der Waals surface area contributed by atoms with E-state index in [4.69, 9.17) is 4.74 Å². The van der Waals surface area contributed by atoms with Gasteiger partial charge in [-0.15, -0.1) is 11.3 Å². The maximum atomic E-state index is 14.0. The molecule has 0 spiro atoms. The van der Waals surface area contributed by atoms with Gasteiger partial charge < -0.3 is 9.64 Å². The van der Waals surface area contributed by atoms with Gasteiger partial charge >= 0.3 is 0 Å². The molecular weight excluding hydrogens is 401 g/mol. The number of ether oxygens (including phenoxy) is 1. The number of carbonyl (C=O) groups excluding carboxylic acids is 2. The highest BCUT2D eigenvalue weighted by Gasteiger charge is 2.39. The fraction of sp³-hybridized carbons (Fsp3) is 0.250. The summed E-state index contributed by atoms with van der Waals surface area (Å²) in [6, 6.07) is 11.9. The van der Waals surface area contributed by atoms with Crippen LogP contribution in [0.15, 0.2) is 54.6 Å².